The molecular weight excluding hydrogens is 364 g/mol. The minimum absolute atomic E-state index is 0.0328. The van der Waals surface area contributed by atoms with Crippen LogP contribution in [0.25, 0.3) is 0 Å². The average Bonchev–Trinajstić information content (AvgIpc) is 2.54. The van der Waals surface area contributed by atoms with E-state index in [1.54, 1.807) is 31.2 Å². The van der Waals surface area contributed by atoms with Crippen LogP contribution in [-0.4, -0.2) is 37.2 Å². The van der Waals surface area contributed by atoms with E-state index in [1.165, 1.54) is 25.2 Å². The summed E-state index contributed by atoms with van der Waals surface area (Å²) in [5.41, 5.74) is 0.563. The normalized spacial score (nSPS) is 11.2. The number of nitrogens with zero attached hydrogens (tertiary/aromatic N) is 3. The summed E-state index contributed by atoms with van der Waals surface area (Å²) >= 11 is 5.88. The Morgan fingerprint density at radius 2 is 2.00 bits per heavy atom. The molecule has 0 saturated heterocycles. The molecule has 0 aliphatic heterocycles. The van der Waals surface area contributed by atoms with E-state index in [2.05, 4.69) is 10.3 Å². The van der Waals surface area contributed by atoms with Crippen molar-refractivity contribution in [3.05, 3.63) is 52.7 Å². The van der Waals surface area contributed by atoms with E-state index in [1.807, 2.05) is 0 Å². The molecule has 0 unspecified atom stereocenters. The van der Waals surface area contributed by atoms with Crippen molar-refractivity contribution in [3.63, 3.8) is 0 Å². The molecule has 0 spiro atoms. The number of anilines is 1. The van der Waals surface area contributed by atoms with Crippen molar-refractivity contribution in [3.8, 4) is 6.07 Å². The Kier molecular flexibility index (Phi) is 5.74. The van der Waals surface area contributed by atoms with E-state index >= 15 is 0 Å². The fraction of sp³-hybridized carbons (Fsp3) is 0.188. The Labute approximate surface area is 150 Å². The number of likely N-dealkylation sites (N-methyl/N-ethyl adjacent to an activating group) is 1. The number of carbonyl (C=O) groups is 1. The molecule has 1 aromatic heterocycles. The second-order valence-corrected chi connectivity index (χ2v) is 7.62. The van der Waals surface area contributed by atoms with Gasteiger partial charge in [0.15, 0.2) is 0 Å². The number of amides is 1. The number of sulfonamides is 1. The Balaban J connectivity index is 2.19. The van der Waals surface area contributed by atoms with Crippen molar-refractivity contribution in [2.75, 3.05) is 18.9 Å². The summed E-state index contributed by atoms with van der Waals surface area (Å²) in [5, 5.41) is 11.7. The van der Waals surface area contributed by atoms with Crippen molar-refractivity contribution in [1.29, 1.82) is 5.26 Å². The summed E-state index contributed by atoms with van der Waals surface area (Å²) in [7, 11) is -2.80. The zero-order chi connectivity index (χ0) is 18.6. The predicted molar refractivity (Wildman–Crippen MR) is 93.6 cm³/mol. The highest BCUT2D eigenvalue weighted by atomic mass is 35.5. The molecule has 0 radical (unpaired) electrons. The van der Waals surface area contributed by atoms with E-state index < -0.39 is 22.5 Å². The van der Waals surface area contributed by atoms with Crippen molar-refractivity contribution in [2.24, 2.45) is 0 Å². The molecule has 0 bridgehead atoms. The number of carbonyl (C=O) groups excluding carboxylic acids is 1. The summed E-state index contributed by atoms with van der Waals surface area (Å²) < 4.78 is 26.1. The maximum Gasteiger partial charge on any atom is 0.244 e. The van der Waals surface area contributed by atoms with Gasteiger partial charge in [-0.05, 0) is 31.2 Å². The number of rotatable bonds is 5. The van der Waals surface area contributed by atoms with E-state index in [9.17, 15) is 13.2 Å². The highest BCUT2D eigenvalue weighted by Gasteiger charge is 2.27. The number of pyridine rings is 1. The molecule has 0 atom stereocenters. The number of aryl methyl sites for hydroxylation is 1. The fourth-order valence-corrected chi connectivity index (χ4v) is 3.64. The second kappa shape index (κ2) is 7.61. The molecule has 0 fully saturated rings. The minimum atomic E-state index is -4.05. The number of benzene rings is 1. The van der Waals surface area contributed by atoms with Crippen LogP contribution in [0.4, 0.5) is 5.82 Å². The first kappa shape index (κ1) is 18.9. The third kappa shape index (κ3) is 4.33. The van der Waals surface area contributed by atoms with E-state index in [-0.39, 0.29) is 15.5 Å². The average molecular weight is 379 g/mol. The number of nitriles is 1. The first-order valence-electron chi connectivity index (χ1n) is 7.14. The van der Waals surface area contributed by atoms with Crippen LogP contribution < -0.4 is 5.32 Å². The number of halogens is 1. The molecule has 2 aromatic rings. The molecule has 0 saturated carbocycles. The van der Waals surface area contributed by atoms with Crippen LogP contribution in [0, 0.1) is 18.3 Å². The quantitative estimate of drug-likeness (QED) is 0.858. The fourth-order valence-electron chi connectivity index (χ4n) is 2.08. The summed E-state index contributed by atoms with van der Waals surface area (Å²) in [6.45, 7) is 1.34. The Bertz CT molecular complexity index is 954. The molecule has 130 valence electrons. The lowest BCUT2D eigenvalue weighted by Crippen LogP contribution is -2.35. The zero-order valence-electron chi connectivity index (χ0n) is 13.5. The second-order valence-electron chi connectivity index (χ2n) is 5.20. The Hall–Kier alpha value is -2.47. The topological polar surface area (TPSA) is 103 Å². The van der Waals surface area contributed by atoms with Gasteiger partial charge in [0.05, 0.1) is 17.1 Å². The molecule has 1 N–H and O–H groups in total. The first-order valence-corrected chi connectivity index (χ1v) is 8.96. The van der Waals surface area contributed by atoms with Gasteiger partial charge in [-0.25, -0.2) is 13.4 Å². The van der Waals surface area contributed by atoms with Crippen LogP contribution >= 0.6 is 11.6 Å². The van der Waals surface area contributed by atoms with E-state index in [4.69, 9.17) is 16.9 Å². The molecular formula is C16H15ClN4O3S. The lowest BCUT2D eigenvalue weighted by Gasteiger charge is -2.17. The van der Waals surface area contributed by atoms with Crippen molar-refractivity contribution in [1.82, 2.24) is 9.29 Å². The summed E-state index contributed by atoms with van der Waals surface area (Å²) in [6.07, 6.45) is 0. The number of hydrogen-bond donors (Lipinski definition) is 1. The van der Waals surface area contributed by atoms with Crippen molar-refractivity contribution in [2.45, 2.75) is 11.8 Å². The standard InChI is InChI=1S/C16H15ClN4O3S/c1-11-5-3-8-15(19-11)20-16(22)10-21(2)25(23,24)14-7-4-6-13(17)12(14)9-18/h3-8H,10H2,1-2H3,(H,19,20,22). The highest BCUT2D eigenvalue weighted by molar-refractivity contribution is 7.89. The van der Waals surface area contributed by atoms with E-state index in [0.29, 0.717) is 5.82 Å². The van der Waals surface area contributed by atoms with Gasteiger partial charge >= 0.3 is 0 Å². The molecule has 7 nitrogen and oxygen atoms in total. The van der Waals surface area contributed by atoms with Gasteiger partial charge in [0.2, 0.25) is 15.9 Å². The summed E-state index contributed by atoms with van der Waals surface area (Å²) in [5.74, 6) is -0.221. The molecule has 2 rings (SSSR count). The van der Waals surface area contributed by atoms with Gasteiger partial charge in [0, 0.05) is 12.7 Å². The van der Waals surface area contributed by atoms with Gasteiger partial charge in [0.25, 0.3) is 0 Å². The maximum absolute atomic E-state index is 12.6. The monoisotopic (exact) mass is 378 g/mol. The smallest absolute Gasteiger partial charge is 0.244 e. The van der Waals surface area contributed by atoms with Gasteiger partial charge in [-0.15, -0.1) is 0 Å². The minimum Gasteiger partial charge on any atom is -0.310 e. The van der Waals surface area contributed by atoms with Crippen molar-refractivity contribution < 1.29 is 13.2 Å². The zero-order valence-corrected chi connectivity index (χ0v) is 15.1. The molecule has 9 heteroatoms. The molecule has 0 aliphatic carbocycles. The molecule has 25 heavy (non-hydrogen) atoms. The number of hydrogen-bond acceptors (Lipinski definition) is 5. The van der Waals surface area contributed by atoms with Gasteiger partial charge < -0.3 is 5.32 Å². The predicted octanol–water partition coefficient (Wildman–Crippen LogP) is 2.17. The van der Waals surface area contributed by atoms with Crippen LogP contribution in [0.1, 0.15) is 11.3 Å². The Morgan fingerprint density at radius 1 is 1.32 bits per heavy atom. The third-order valence-electron chi connectivity index (χ3n) is 3.30. The maximum atomic E-state index is 12.6. The largest absolute Gasteiger partial charge is 0.310 e. The van der Waals surface area contributed by atoms with Gasteiger partial charge in [-0.1, -0.05) is 23.7 Å². The van der Waals surface area contributed by atoms with Gasteiger partial charge in [0.1, 0.15) is 16.8 Å². The highest BCUT2D eigenvalue weighted by Crippen LogP contribution is 2.25. The lowest BCUT2D eigenvalue weighted by molar-refractivity contribution is -0.116. The SMILES string of the molecule is Cc1cccc(NC(=O)CN(C)S(=O)(=O)c2cccc(Cl)c2C#N)n1. The number of aromatic nitrogens is 1. The molecule has 1 heterocycles. The molecule has 0 aliphatic rings. The third-order valence-corrected chi connectivity index (χ3v) is 5.46. The van der Waals surface area contributed by atoms with Gasteiger partial charge in [-0.2, -0.15) is 9.57 Å². The van der Waals surface area contributed by atoms with Crippen LogP contribution in [0.2, 0.25) is 5.02 Å². The van der Waals surface area contributed by atoms with Gasteiger partial charge in [-0.3, -0.25) is 4.79 Å². The van der Waals surface area contributed by atoms with Crippen molar-refractivity contribution >= 4 is 33.3 Å². The summed E-state index contributed by atoms with van der Waals surface area (Å²) in [6, 6.07) is 11.0. The van der Waals surface area contributed by atoms with E-state index in [0.717, 1.165) is 10.00 Å². The van der Waals surface area contributed by atoms with Crippen LogP contribution in [0.3, 0.4) is 0 Å². The van der Waals surface area contributed by atoms with Crippen LogP contribution in [0.5, 0.6) is 0 Å². The lowest BCUT2D eigenvalue weighted by atomic mass is 10.2. The summed E-state index contributed by atoms with van der Waals surface area (Å²) in [4.78, 5) is 16.0. The first-order chi connectivity index (χ1) is 11.8. The number of nitrogens with one attached hydrogen (secondary N) is 1. The van der Waals surface area contributed by atoms with Crippen LogP contribution in [-0.2, 0) is 14.8 Å². The Morgan fingerprint density at radius 3 is 2.64 bits per heavy atom. The molecule has 1 aromatic carbocycles. The molecule has 1 amide bonds. The van der Waals surface area contributed by atoms with Crippen LogP contribution in [0.15, 0.2) is 41.3 Å².